The van der Waals surface area contributed by atoms with Gasteiger partial charge in [0, 0.05) is 7.05 Å². The molecule has 1 amide bonds. The molecule has 24 heavy (non-hydrogen) atoms. The minimum atomic E-state index is -4.77. The zero-order valence-corrected chi connectivity index (χ0v) is 13.5. The molecule has 0 N–H and O–H groups in total. The molecule has 1 aromatic heterocycles. The van der Waals surface area contributed by atoms with Gasteiger partial charge in [-0.3, -0.25) is 9.69 Å². The van der Waals surface area contributed by atoms with Crippen LogP contribution in [0.5, 0.6) is 5.75 Å². The number of aromatic nitrogens is 2. The van der Waals surface area contributed by atoms with E-state index < -0.39 is 11.8 Å². The Morgan fingerprint density at radius 3 is 2.67 bits per heavy atom. The zero-order valence-electron chi connectivity index (χ0n) is 12.7. The van der Waals surface area contributed by atoms with Crippen LogP contribution in [0.3, 0.4) is 0 Å². The van der Waals surface area contributed by atoms with Crippen LogP contribution in [-0.2, 0) is 10.2 Å². The van der Waals surface area contributed by atoms with Crippen molar-refractivity contribution in [1.82, 2.24) is 10.2 Å². The molecule has 128 valence electrons. The summed E-state index contributed by atoms with van der Waals surface area (Å²) in [4.78, 5) is 14.4. The minimum Gasteiger partial charge on any atom is -0.406 e. The minimum absolute atomic E-state index is 0.199. The number of hydrogen-bond donors (Lipinski definition) is 0. The average molecular weight is 357 g/mol. The van der Waals surface area contributed by atoms with E-state index in [0.29, 0.717) is 23.5 Å². The van der Waals surface area contributed by atoms with Crippen molar-refractivity contribution in [3.05, 3.63) is 35.3 Å². The molecule has 0 unspecified atom stereocenters. The number of hydrogen-bond acceptors (Lipinski definition) is 5. The second kappa shape index (κ2) is 6.04. The number of carbonyl (C=O) groups is 1. The third-order valence-corrected chi connectivity index (χ3v) is 4.94. The smallest absolute Gasteiger partial charge is 0.406 e. The van der Waals surface area contributed by atoms with Gasteiger partial charge in [0.25, 0.3) is 0 Å². The summed E-state index contributed by atoms with van der Waals surface area (Å²) in [6.45, 7) is 0. The van der Waals surface area contributed by atoms with Gasteiger partial charge in [-0.15, -0.1) is 23.4 Å². The van der Waals surface area contributed by atoms with Crippen molar-refractivity contribution < 1.29 is 22.7 Å². The van der Waals surface area contributed by atoms with E-state index in [1.165, 1.54) is 39.9 Å². The van der Waals surface area contributed by atoms with Gasteiger partial charge < -0.3 is 4.74 Å². The lowest BCUT2D eigenvalue weighted by molar-refractivity contribution is -0.274. The third-order valence-electron chi connectivity index (χ3n) is 4.18. The molecule has 1 aliphatic rings. The van der Waals surface area contributed by atoms with Gasteiger partial charge in [-0.05, 0) is 30.5 Å². The van der Waals surface area contributed by atoms with Crippen LogP contribution >= 0.6 is 11.3 Å². The van der Waals surface area contributed by atoms with Gasteiger partial charge in [-0.25, -0.2) is 0 Å². The predicted molar refractivity (Wildman–Crippen MR) is 82.0 cm³/mol. The standard InChI is InChI=1S/C15H14F3N3O2S/c1-21(13-20-19-9-24-13)12(22)14(6-3-7-14)10-4-2-5-11(8-10)23-15(16,17)18/h2,4-5,8-9H,3,6-7H2,1H3. The number of likely N-dealkylation sites (N-methyl/N-ethyl adjacent to an activating group) is 1. The van der Waals surface area contributed by atoms with Crippen LogP contribution in [0.4, 0.5) is 18.3 Å². The fourth-order valence-corrected chi connectivity index (χ4v) is 3.39. The summed E-state index contributed by atoms with van der Waals surface area (Å²) >= 11 is 1.23. The van der Waals surface area contributed by atoms with E-state index >= 15 is 0 Å². The van der Waals surface area contributed by atoms with Crippen molar-refractivity contribution in [2.45, 2.75) is 31.0 Å². The Balaban J connectivity index is 1.90. The highest BCUT2D eigenvalue weighted by molar-refractivity contribution is 7.13. The monoisotopic (exact) mass is 357 g/mol. The maximum atomic E-state index is 12.9. The van der Waals surface area contributed by atoms with E-state index in [1.807, 2.05) is 0 Å². The molecule has 9 heteroatoms. The number of rotatable bonds is 4. The Labute approximate surface area is 140 Å². The molecule has 0 radical (unpaired) electrons. The Bertz CT molecular complexity index is 730. The topological polar surface area (TPSA) is 55.3 Å². The summed E-state index contributed by atoms with van der Waals surface area (Å²) < 4.78 is 41.3. The normalized spacial score (nSPS) is 16.3. The number of nitrogens with zero attached hydrogens (tertiary/aromatic N) is 3. The molecule has 2 aromatic rings. The van der Waals surface area contributed by atoms with Gasteiger partial charge >= 0.3 is 6.36 Å². The van der Waals surface area contributed by atoms with Crippen molar-refractivity contribution in [2.24, 2.45) is 0 Å². The quantitative estimate of drug-likeness (QED) is 0.840. The highest BCUT2D eigenvalue weighted by Crippen LogP contribution is 2.46. The number of benzene rings is 1. The van der Waals surface area contributed by atoms with Crippen LogP contribution in [0.2, 0.25) is 0 Å². The Morgan fingerprint density at radius 2 is 2.12 bits per heavy atom. The van der Waals surface area contributed by atoms with Gasteiger partial charge in [-0.2, -0.15) is 0 Å². The molecule has 1 heterocycles. The number of ether oxygens (including phenoxy) is 1. The zero-order chi connectivity index (χ0) is 17.4. The second-order valence-electron chi connectivity index (χ2n) is 5.60. The number of anilines is 1. The van der Waals surface area contributed by atoms with Gasteiger partial charge in [-0.1, -0.05) is 29.9 Å². The first-order valence-electron chi connectivity index (χ1n) is 7.22. The van der Waals surface area contributed by atoms with Gasteiger partial charge in [0.2, 0.25) is 11.0 Å². The molecule has 1 fully saturated rings. The van der Waals surface area contributed by atoms with Crippen LogP contribution in [0.15, 0.2) is 29.8 Å². The molecule has 0 aliphatic heterocycles. The average Bonchev–Trinajstić information content (AvgIpc) is 2.98. The summed E-state index contributed by atoms with van der Waals surface area (Å²) in [5.41, 5.74) is 1.20. The summed E-state index contributed by atoms with van der Waals surface area (Å²) in [5, 5.41) is 8.03. The molecular weight excluding hydrogens is 343 g/mol. The van der Waals surface area contributed by atoms with Crippen molar-refractivity contribution in [1.29, 1.82) is 0 Å². The number of carbonyl (C=O) groups excluding carboxylic acids is 1. The van der Waals surface area contributed by atoms with Crippen molar-refractivity contribution in [3.8, 4) is 5.75 Å². The maximum Gasteiger partial charge on any atom is 0.573 e. The lowest BCUT2D eigenvalue weighted by Crippen LogP contribution is -2.50. The van der Waals surface area contributed by atoms with Gasteiger partial charge in [0.15, 0.2) is 0 Å². The molecule has 1 aliphatic carbocycles. The summed E-state index contributed by atoms with van der Waals surface area (Å²) in [7, 11) is 1.60. The third kappa shape index (κ3) is 3.08. The molecule has 1 aromatic carbocycles. The lowest BCUT2D eigenvalue weighted by Gasteiger charge is -2.42. The first kappa shape index (κ1) is 16.7. The van der Waals surface area contributed by atoms with Crippen molar-refractivity contribution >= 4 is 22.4 Å². The highest BCUT2D eigenvalue weighted by atomic mass is 32.1. The molecular formula is C15H14F3N3O2S. The predicted octanol–water partition coefficient (Wildman–Crippen LogP) is 3.52. The first-order valence-corrected chi connectivity index (χ1v) is 8.10. The molecule has 0 bridgehead atoms. The Kier molecular flexibility index (Phi) is 4.20. The van der Waals surface area contributed by atoms with Crippen LogP contribution in [0.1, 0.15) is 24.8 Å². The second-order valence-corrected chi connectivity index (χ2v) is 6.41. The molecule has 1 saturated carbocycles. The van der Waals surface area contributed by atoms with E-state index in [2.05, 4.69) is 14.9 Å². The molecule has 3 rings (SSSR count). The van der Waals surface area contributed by atoms with E-state index in [0.717, 1.165) is 6.42 Å². The first-order chi connectivity index (χ1) is 11.3. The van der Waals surface area contributed by atoms with E-state index in [-0.39, 0.29) is 11.7 Å². The largest absolute Gasteiger partial charge is 0.573 e. The highest BCUT2D eigenvalue weighted by Gasteiger charge is 2.48. The van der Waals surface area contributed by atoms with Crippen LogP contribution in [0.25, 0.3) is 0 Å². The van der Waals surface area contributed by atoms with E-state index in [9.17, 15) is 18.0 Å². The number of halogens is 3. The number of amides is 1. The lowest BCUT2D eigenvalue weighted by atomic mass is 9.63. The van der Waals surface area contributed by atoms with Crippen molar-refractivity contribution in [2.75, 3.05) is 11.9 Å². The molecule has 0 spiro atoms. The Hall–Kier alpha value is -2.16. The van der Waals surface area contributed by atoms with Gasteiger partial charge in [0.05, 0.1) is 5.41 Å². The number of alkyl halides is 3. The SMILES string of the molecule is CN(C(=O)C1(c2cccc(OC(F)(F)F)c2)CCC1)c1nncs1. The van der Waals surface area contributed by atoms with E-state index in [4.69, 9.17) is 0 Å². The fourth-order valence-electron chi connectivity index (χ4n) is 2.87. The van der Waals surface area contributed by atoms with Crippen LogP contribution < -0.4 is 9.64 Å². The summed E-state index contributed by atoms with van der Waals surface area (Å²) in [6.07, 6.45) is -2.78. The van der Waals surface area contributed by atoms with Crippen LogP contribution in [0, 0.1) is 0 Å². The Morgan fingerprint density at radius 1 is 1.38 bits per heavy atom. The molecule has 0 atom stereocenters. The maximum absolute atomic E-state index is 12.9. The van der Waals surface area contributed by atoms with Gasteiger partial charge in [0.1, 0.15) is 11.3 Å². The summed E-state index contributed by atoms with van der Waals surface area (Å²) in [5.74, 6) is -0.521. The molecule has 0 saturated heterocycles. The molecule has 5 nitrogen and oxygen atoms in total. The summed E-state index contributed by atoms with van der Waals surface area (Å²) in [6, 6.07) is 5.64. The fraction of sp³-hybridized carbons (Fsp3) is 0.400. The van der Waals surface area contributed by atoms with Crippen molar-refractivity contribution in [3.63, 3.8) is 0 Å². The van der Waals surface area contributed by atoms with Crippen LogP contribution in [-0.4, -0.2) is 29.5 Å². The van der Waals surface area contributed by atoms with E-state index in [1.54, 1.807) is 13.1 Å².